The van der Waals surface area contributed by atoms with Crippen LogP contribution in [0, 0.1) is 0 Å². The predicted octanol–water partition coefficient (Wildman–Crippen LogP) is 0.388. The van der Waals surface area contributed by atoms with Crippen LogP contribution >= 0.6 is 0 Å². The SMILES string of the molecule is O=S(=O)(NC1CCC(O)CC1)C1CCOCC1. The van der Waals surface area contributed by atoms with E-state index in [0.29, 0.717) is 38.9 Å². The Morgan fingerprint density at radius 3 is 2.18 bits per heavy atom. The molecule has 1 saturated carbocycles. The molecule has 1 saturated heterocycles. The molecule has 6 heteroatoms. The van der Waals surface area contributed by atoms with Crippen molar-refractivity contribution in [1.29, 1.82) is 0 Å². The number of hydrogen-bond acceptors (Lipinski definition) is 4. The van der Waals surface area contributed by atoms with Crippen molar-refractivity contribution in [2.45, 2.75) is 55.9 Å². The third-order valence-corrected chi connectivity index (χ3v) is 5.65. The van der Waals surface area contributed by atoms with E-state index < -0.39 is 10.0 Å². The van der Waals surface area contributed by atoms with Gasteiger partial charge in [0.25, 0.3) is 0 Å². The molecule has 0 amide bonds. The highest BCUT2D eigenvalue weighted by molar-refractivity contribution is 7.90. The van der Waals surface area contributed by atoms with Gasteiger partial charge in [-0.3, -0.25) is 0 Å². The van der Waals surface area contributed by atoms with Gasteiger partial charge in [-0.2, -0.15) is 0 Å². The van der Waals surface area contributed by atoms with Gasteiger partial charge in [0.05, 0.1) is 11.4 Å². The van der Waals surface area contributed by atoms with Crippen LogP contribution in [0.2, 0.25) is 0 Å². The quantitative estimate of drug-likeness (QED) is 0.772. The van der Waals surface area contributed by atoms with Crippen LogP contribution in [0.3, 0.4) is 0 Å². The Bertz CT molecular complexity index is 329. The van der Waals surface area contributed by atoms with Crippen molar-refractivity contribution in [2.24, 2.45) is 0 Å². The molecule has 0 aromatic heterocycles. The van der Waals surface area contributed by atoms with E-state index in [0.717, 1.165) is 12.8 Å². The first-order valence-electron chi connectivity index (χ1n) is 6.35. The second kappa shape index (κ2) is 5.65. The summed E-state index contributed by atoms with van der Waals surface area (Å²) in [6.07, 6.45) is 3.80. The maximum absolute atomic E-state index is 12.1. The molecule has 0 spiro atoms. The third-order valence-electron chi connectivity index (χ3n) is 3.63. The van der Waals surface area contributed by atoms with E-state index in [-0.39, 0.29) is 17.4 Å². The van der Waals surface area contributed by atoms with Crippen molar-refractivity contribution in [2.75, 3.05) is 13.2 Å². The Morgan fingerprint density at radius 1 is 1.00 bits per heavy atom. The topological polar surface area (TPSA) is 75.6 Å². The molecule has 1 heterocycles. The van der Waals surface area contributed by atoms with Crippen molar-refractivity contribution in [1.82, 2.24) is 4.72 Å². The van der Waals surface area contributed by atoms with Gasteiger partial charge < -0.3 is 9.84 Å². The standard InChI is InChI=1S/C11H21NO4S/c13-10-3-1-9(2-4-10)12-17(14,15)11-5-7-16-8-6-11/h9-13H,1-8H2. The zero-order valence-corrected chi connectivity index (χ0v) is 10.8. The molecule has 0 radical (unpaired) electrons. The fraction of sp³-hybridized carbons (Fsp3) is 1.00. The molecule has 0 unspecified atom stereocenters. The number of nitrogens with one attached hydrogen (secondary N) is 1. The summed E-state index contributed by atoms with van der Waals surface area (Å²) in [5, 5.41) is 9.08. The van der Waals surface area contributed by atoms with Crippen LogP contribution in [0.25, 0.3) is 0 Å². The monoisotopic (exact) mass is 263 g/mol. The van der Waals surface area contributed by atoms with Crippen LogP contribution in [0.4, 0.5) is 0 Å². The largest absolute Gasteiger partial charge is 0.393 e. The first-order chi connectivity index (χ1) is 8.08. The number of sulfonamides is 1. The third kappa shape index (κ3) is 3.64. The van der Waals surface area contributed by atoms with Crippen LogP contribution in [-0.4, -0.2) is 44.1 Å². The van der Waals surface area contributed by atoms with E-state index in [1.54, 1.807) is 0 Å². The molecule has 1 aliphatic heterocycles. The zero-order valence-electron chi connectivity index (χ0n) is 9.97. The maximum atomic E-state index is 12.1. The Labute approximate surface area is 103 Å². The van der Waals surface area contributed by atoms with Gasteiger partial charge in [0.1, 0.15) is 0 Å². The summed E-state index contributed by atoms with van der Waals surface area (Å²) < 4.78 is 32.2. The number of aliphatic hydroxyl groups excluding tert-OH is 1. The molecule has 0 atom stereocenters. The van der Waals surface area contributed by atoms with Crippen LogP contribution < -0.4 is 4.72 Å². The molecule has 2 aliphatic rings. The van der Waals surface area contributed by atoms with Crippen molar-refractivity contribution in [3.05, 3.63) is 0 Å². The first kappa shape index (κ1) is 13.3. The summed E-state index contributed by atoms with van der Waals surface area (Å²) in [7, 11) is -3.21. The van der Waals surface area contributed by atoms with Gasteiger partial charge in [0.2, 0.25) is 10.0 Å². The lowest BCUT2D eigenvalue weighted by Crippen LogP contribution is -2.44. The minimum absolute atomic E-state index is 0.00578. The van der Waals surface area contributed by atoms with E-state index in [1.807, 2.05) is 0 Å². The van der Waals surface area contributed by atoms with Crippen LogP contribution in [0.15, 0.2) is 0 Å². The fourth-order valence-corrected chi connectivity index (χ4v) is 4.21. The molecule has 0 aromatic carbocycles. The summed E-state index contributed by atoms with van der Waals surface area (Å²) in [5.41, 5.74) is 0. The van der Waals surface area contributed by atoms with Crippen LogP contribution in [0.5, 0.6) is 0 Å². The molecule has 1 aliphatic carbocycles. The van der Waals surface area contributed by atoms with Gasteiger partial charge in [-0.05, 0) is 38.5 Å². The zero-order chi connectivity index (χ0) is 12.3. The van der Waals surface area contributed by atoms with Gasteiger partial charge in [0, 0.05) is 19.3 Å². The van der Waals surface area contributed by atoms with Crippen molar-refractivity contribution in [3.63, 3.8) is 0 Å². The van der Waals surface area contributed by atoms with Crippen molar-refractivity contribution in [3.8, 4) is 0 Å². The lowest BCUT2D eigenvalue weighted by Gasteiger charge is -2.29. The number of aliphatic hydroxyl groups is 1. The molecule has 2 N–H and O–H groups in total. The van der Waals surface area contributed by atoms with E-state index in [2.05, 4.69) is 4.72 Å². The van der Waals surface area contributed by atoms with E-state index >= 15 is 0 Å². The Morgan fingerprint density at radius 2 is 1.59 bits per heavy atom. The average Bonchev–Trinajstić information content (AvgIpc) is 2.33. The maximum Gasteiger partial charge on any atom is 0.214 e. The molecule has 5 nitrogen and oxygen atoms in total. The van der Waals surface area contributed by atoms with Gasteiger partial charge in [-0.1, -0.05) is 0 Å². The van der Waals surface area contributed by atoms with Gasteiger partial charge in [0.15, 0.2) is 0 Å². The summed E-state index contributed by atoms with van der Waals surface area (Å²) in [6, 6.07) is 0.00578. The highest BCUT2D eigenvalue weighted by Crippen LogP contribution is 2.21. The molecular formula is C11H21NO4S. The van der Waals surface area contributed by atoms with E-state index in [4.69, 9.17) is 4.74 Å². The van der Waals surface area contributed by atoms with E-state index in [1.165, 1.54) is 0 Å². The minimum Gasteiger partial charge on any atom is -0.393 e. The normalized spacial score (nSPS) is 32.5. The number of ether oxygens (including phenoxy) is 1. The summed E-state index contributed by atoms with van der Waals surface area (Å²) in [5.74, 6) is 0. The highest BCUT2D eigenvalue weighted by atomic mass is 32.2. The average molecular weight is 263 g/mol. The van der Waals surface area contributed by atoms with Crippen LogP contribution in [0.1, 0.15) is 38.5 Å². The minimum atomic E-state index is -3.21. The smallest absolute Gasteiger partial charge is 0.214 e. The summed E-state index contributed by atoms with van der Waals surface area (Å²) in [4.78, 5) is 0. The molecule has 0 bridgehead atoms. The second-order valence-electron chi connectivity index (χ2n) is 4.98. The summed E-state index contributed by atoms with van der Waals surface area (Å²) in [6.45, 7) is 1.07. The second-order valence-corrected chi connectivity index (χ2v) is 6.97. The molecule has 100 valence electrons. The molecule has 2 rings (SSSR count). The highest BCUT2D eigenvalue weighted by Gasteiger charge is 2.31. The molecule has 17 heavy (non-hydrogen) atoms. The molecule has 0 aromatic rings. The van der Waals surface area contributed by atoms with Crippen LogP contribution in [-0.2, 0) is 14.8 Å². The lowest BCUT2D eigenvalue weighted by molar-refractivity contribution is 0.0976. The molecular weight excluding hydrogens is 242 g/mol. The van der Waals surface area contributed by atoms with Crippen molar-refractivity contribution < 1.29 is 18.3 Å². The summed E-state index contributed by atoms with van der Waals surface area (Å²) >= 11 is 0. The van der Waals surface area contributed by atoms with E-state index in [9.17, 15) is 13.5 Å². The predicted molar refractivity (Wildman–Crippen MR) is 64.2 cm³/mol. The van der Waals surface area contributed by atoms with Gasteiger partial charge in [-0.15, -0.1) is 0 Å². The fourth-order valence-electron chi connectivity index (χ4n) is 2.51. The Kier molecular flexibility index (Phi) is 4.41. The molecule has 2 fully saturated rings. The Balaban J connectivity index is 1.88. The first-order valence-corrected chi connectivity index (χ1v) is 7.89. The van der Waals surface area contributed by atoms with Gasteiger partial charge in [-0.25, -0.2) is 13.1 Å². The Hall–Kier alpha value is -0.170. The number of hydrogen-bond donors (Lipinski definition) is 2. The van der Waals surface area contributed by atoms with Crippen molar-refractivity contribution >= 4 is 10.0 Å². The number of rotatable bonds is 3. The lowest BCUT2D eigenvalue weighted by atomic mass is 9.94. The van der Waals surface area contributed by atoms with Gasteiger partial charge >= 0.3 is 0 Å².